The molecule has 1 amide bonds. The number of carboxylic acids is 1. The minimum Gasteiger partial charge on any atom is -0.496 e. The zero-order valence-electron chi connectivity index (χ0n) is 13.7. The van der Waals surface area contributed by atoms with Crippen LogP contribution < -0.4 is 4.74 Å². The standard InChI is InChI=1S/C19H18FNO4/c1-25-16-9-5-8-15(20)17(16)18(22)21-10-13(14(11-21)19(23)24)12-6-3-2-4-7-12/h2-9,13-14H,10-11H2,1H3,(H,23,24)/t13-,14-/m0/s1. The summed E-state index contributed by atoms with van der Waals surface area (Å²) in [6, 6.07) is 13.4. The van der Waals surface area contributed by atoms with Crippen LogP contribution in [0.3, 0.4) is 0 Å². The van der Waals surface area contributed by atoms with Crippen LogP contribution in [0.5, 0.6) is 5.75 Å². The first-order valence-corrected chi connectivity index (χ1v) is 7.92. The molecule has 3 rings (SSSR count). The Morgan fingerprint density at radius 2 is 1.84 bits per heavy atom. The van der Waals surface area contributed by atoms with Crippen molar-refractivity contribution < 1.29 is 23.8 Å². The number of nitrogens with zero attached hydrogens (tertiary/aromatic N) is 1. The second kappa shape index (κ2) is 6.93. The molecule has 0 spiro atoms. The third kappa shape index (κ3) is 3.20. The van der Waals surface area contributed by atoms with E-state index in [1.165, 1.54) is 30.2 Å². The molecule has 2 aromatic carbocycles. The average Bonchev–Trinajstić information content (AvgIpc) is 3.07. The molecule has 25 heavy (non-hydrogen) atoms. The Labute approximate surface area is 144 Å². The zero-order valence-corrected chi connectivity index (χ0v) is 13.7. The number of carbonyl (C=O) groups excluding carboxylic acids is 1. The number of rotatable bonds is 4. The molecule has 6 heteroatoms. The molecule has 1 aliphatic heterocycles. The van der Waals surface area contributed by atoms with Crippen molar-refractivity contribution in [3.63, 3.8) is 0 Å². The number of carbonyl (C=O) groups is 2. The van der Waals surface area contributed by atoms with Crippen LogP contribution in [0.2, 0.25) is 0 Å². The third-order valence-corrected chi connectivity index (χ3v) is 4.56. The van der Waals surface area contributed by atoms with Crippen LogP contribution in [0.1, 0.15) is 21.8 Å². The maximum Gasteiger partial charge on any atom is 0.308 e. The van der Waals surface area contributed by atoms with Gasteiger partial charge in [-0.25, -0.2) is 4.39 Å². The lowest BCUT2D eigenvalue weighted by molar-refractivity contribution is -0.141. The number of likely N-dealkylation sites (tertiary alicyclic amines) is 1. The summed E-state index contributed by atoms with van der Waals surface area (Å²) in [5.74, 6) is -3.13. The van der Waals surface area contributed by atoms with Crippen molar-refractivity contribution in [1.29, 1.82) is 0 Å². The molecule has 1 heterocycles. The molecular formula is C19H18FNO4. The molecular weight excluding hydrogens is 325 g/mol. The van der Waals surface area contributed by atoms with E-state index in [1.54, 1.807) is 0 Å². The van der Waals surface area contributed by atoms with Crippen molar-refractivity contribution in [2.75, 3.05) is 20.2 Å². The van der Waals surface area contributed by atoms with Gasteiger partial charge in [0.2, 0.25) is 0 Å². The minimum atomic E-state index is -0.968. The van der Waals surface area contributed by atoms with E-state index < -0.39 is 23.6 Å². The SMILES string of the molecule is COc1cccc(F)c1C(=O)N1C[C@H](C(=O)O)[C@H](c2ccccc2)C1. The monoisotopic (exact) mass is 343 g/mol. The smallest absolute Gasteiger partial charge is 0.308 e. The molecule has 130 valence electrons. The number of methoxy groups -OCH3 is 1. The maximum absolute atomic E-state index is 14.2. The van der Waals surface area contributed by atoms with Crippen LogP contribution in [0.15, 0.2) is 48.5 Å². The Morgan fingerprint density at radius 3 is 2.48 bits per heavy atom. The van der Waals surface area contributed by atoms with Gasteiger partial charge in [0.1, 0.15) is 17.1 Å². The Bertz CT molecular complexity index is 793. The van der Waals surface area contributed by atoms with Crippen molar-refractivity contribution in [1.82, 2.24) is 4.90 Å². The highest BCUT2D eigenvalue weighted by molar-refractivity contribution is 5.98. The lowest BCUT2D eigenvalue weighted by Gasteiger charge is -2.18. The highest BCUT2D eigenvalue weighted by atomic mass is 19.1. The van der Waals surface area contributed by atoms with Crippen LogP contribution in [0.25, 0.3) is 0 Å². The van der Waals surface area contributed by atoms with E-state index in [0.29, 0.717) is 0 Å². The van der Waals surface area contributed by atoms with E-state index in [4.69, 9.17) is 4.74 Å². The molecule has 2 atom stereocenters. The number of ether oxygens (including phenoxy) is 1. The molecule has 0 aliphatic carbocycles. The molecule has 2 aromatic rings. The van der Waals surface area contributed by atoms with Crippen molar-refractivity contribution in [3.05, 3.63) is 65.5 Å². The first-order chi connectivity index (χ1) is 12.0. The lowest BCUT2D eigenvalue weighted by Crippen LogP contribution is -2.31. The van der Waals surface area contributed by atoms with Gasteiger partial charge in [0.25, 0.3) is 5.91 Å². The molecule has 1 aliphatic rings. The minimum absolute atomic E-state index is 0.0330. The van der Waals surface area contributed by atoms with Gasteiger partial charge in [-0.1, -0.05) is 36.4 Å². The van der Waals surface area contributed by atoms with Gasteiger partial charge in [0.15, 0.2) is 0 Å². The average molecular weight is 343 g/mol. The van der Waals surface area contributed by atoms with Crippen LogP contribution >= 0.6 is 0 Å². The van der Waals surface area contributed by atoms with Crippen molar-refractivity contribution >= 4 is 11.9 Å². The summed E-state index contributed by atoms with van der Waals surface area (Å²) < 4.78 is 19.3. The number of hydrogen-bond donors (Lipinski definition) is 1. The number of benzene rings is 2. The van der Waals surface area contributed by atoms with Crippen LogP contribution in [0, 0.1) is 11.7 Å². The molecule has 0 saturated carbocycles. The van der Waals surface area contributed by atoms with E-state index in [-0.39, 0.29) is 30.3 Å². The number of carboxylic acid groups (broad SMARTS) is 1. The third-order valence-electron chi connectivity index (χ3n) is 4.56. The fourth-order valence-corrected chi connectivity index (χ4v) is 3.30. The lowest BCUT2D eigenvalue weighted by atomic mass is 9.89. The highest BCUT2D eigenvalue weighted by Gasteiger charge is 2.41. The molecule has 1 fully saturated rings. The van der Waals surface area contributed by atoms with E-state index in [0.717, 1.165) is 5.56 Å². The maximum atomic E-state index is 14.2. The summed E-state index contributed by atoms with van der Waals surface area (Å²) in [7, 11) is 1.36. The van der Waals surface area contributed by atoms with Crippen molar-refractivity contribution in [3.8, 4) is 5.75 Å². The van der Waals surface area contributed by atoms with E-state index in [9.17, 15) is 19.1 Å². The second-order valence-corrected chi connectivity index (χ2v) is 5.99. The van der Waals surface area contributed by atoms with E-state index >= 15 is 0 Å². The van der Waals surface area contributed by atoms with Gasteiger partial charge in [0, 0.05) is 19.0 Å². The van der Waals surface area contributed by atoms with Crippen molar-refractivity contribution in [2.24, 2.45) is 5.92 Å². The molecule has 0 aromatic heterocycles. The predicted octanol–water partition coefficient (Wildman–Crippen LogP) is 2.77. The molecule has 1 saturated heterocycles. The quantitative estimate of drug-likeness (QED) is 0.927. The summed E-state index contributed by atoms with van der Waals surface area (Å²) in [6.07, 6.45) is 0. The normalized spacial score (nSPS) is 19.7. The first-order valence-electron chi connectivity index (χ1n) is 7.92. The van der Waals surface area contributed by atoms with Gasteiger partial charge >= 0.3 is 5.97 Å². The Morgan fingerprint density at radius 1 is 1.12 bits per heavy atom. The van der Waals surface area contributed by atoms with E-state index in [2.05, 4.69) is 0 Å². The first kappa shape index (κ1) is 17.0. The van der Waals surface area contributed by atoms with Gasteiger partial charge in [0.05, 0.1) is 13.0 Å². The summed E-state index contributed by atoms with van der Waals surface area (Å²) >= 11 is 0. The molecule has 0 unspecified atom stereocenters. The van der Waals surface area contributed by atoms with Gasteiger partial charge in [-0.15, -0.1) is 0 Å². The fraction of sp³-hybridized carbons (Fsp3) is 0.263. The fourth-order valence-electron chi connectivity index (χ4n) is 3.30. The number of hydrogen-bond acceptors (Lipinski definition) is 3. The number of amides is 1. The Kier molecular flexibility index (Phi) is 4.70. The largest absolute Gasteiger partial charge is 0.496 e. The summed E-state index contributed by atoms with van der Waals surface area (Å²) in [6.45, 7) is 0.252. The van der Waals surface area contributed by atoms with Gasteiger partial charge in [-0.2, -0.15) is 0 Å². The van der Waals surface area contributed by atoms with Crippen LogP contribution in [0.4, 0.5) is 4.39 Å². The van der Waals surface area contributed by atoms with Crippen LogP contribution in [-0.2, 0) is 4.79 Å². The number of aliphatic carboxylic acids is 1. The number of halogens is 1. The van der Waals surface area contributed by atoms with Gasteiger partial charge < -0.3 is 14.7 Å². The van der Waals surface area contributed by atoms with Gasteiger partial charge in [-0.3, -0.25) is 9.59 Å². The van der Waals surface area contributed by atoms with Crippen molar-refractivity contribution in [2.45, 2.75) is 5.92 Å². The topological polar surface area (TPSA) is 66.8 Å². The van der Waals surface area contributed by atoms with Gasteiger partial charge in [-0.05, 0) is 17.7 Å². The van der Waals surface area contributed by atoms with E-state index in [1.807, 2.05) is 30.3 Å². The van der Waals surface area contributed by atoms with Crippen LogP contribution in [-0.4, -0.2) is 42.1 Å². The summed E-state index contributed by atoms with van der Waals surface area (Å²) in [4.78, 5) is 25.8. The molecule has 0 radical (unpaired) electrons. The molecule has 5 nitrogen and oxygen atoms in total. The summed E-state index contributed by atoms with van der Waals surface area (Å²) in [5, 5.41) is 9.53. The Balaban J connectivity index is 1.92. The zero-order chi connectivity index (χ0) is 18.0. The summed E-state index contributed by atoms with van der Waals surface area (Å²) in [5.41, 5.74) is 0.688. The second-order valence-electron chi connectivity index (χ2n) is 5.99. The molecule has 1 N–H and O–H groups in total. The predicted molar refractivity (Wildman–Crippen MR) is 89.2 cm³/mol. The Hall–Kier alpha value is -2.89. The molecule has 0 bridgehead atoms. The highest BCUT2D eigenvalue weighted by Crippen LogP contribution is 2.35.